The van der Waals surface area contributed by atoms with Gasteiger partial charge in [0, 0.05) is 38.3 Å². The lowest BCUT2D eigenvalue weighted by Gasteiger charge is -2.36. The topological polar surface area (TPSA) is 99.2 Å². The molecule has 2 aliphatic rings. The van der Waals surface area contributed by atoms with Crippen molar-refractivity contribution < 1.29 is 24.2 Å². The molecule has 8 nitrogen and oxygen atoms in total. The molecule has 25 heavy (non-hydrogen) atoms. The Labute approximate surface area is 148 Å². The van der Waals surface area contributed by atoms with Crippen LogP contribution in [0, 0.1) is 0 Å². The molecule has 2 N–H and O–H groups in total. The van der Waals surface area contributed by atoms with Gasteiger partial charge >= 0.3 is 17.9 Å². The van der Waals surface area contributed by atoms with Gasteiger partial charge in [-0.2, -0.15) is 0 Å². The number of amides is 3. The fraction of sp³-hybridized carbons (Fsp3) is 0.824. The van der Waals surface area contributed by atoms with Gasteiger partial charge < -0.3 is 25.0 Å². The number of rotatable bonds is 4. The number of nitrogens with one attached hydrogen (secondary N) is 1. The molecule has 142 valence electrons. The van der Waals surface area contributed by atoms with Crippen LogP contribution >= 0.6 is 0 Å². The summed E-state index contributed by atoms with van der Waals surface area (Å²) in [7, 11) is 0. The van der Waals surface area contributed by atoms with E-state index in [1.165, 1.54) is 0 Å². The van der Waals surface area contributed by atoms with E-state index in [0.717, 1.165) is 19.3 Å². The predicted molar refractivity (Wildman–Crippen MR) is 90.8 cm³/mol. The van der Waals surface area contributed by atoms with E-state index in [0.29, 0.717) is 45.5 Å². The lowest BCUT2D eigenvalue weighted by atomic mass is 9.99. The maximum Gasteiger partial charge on any atom is 0.409 e. The lowest BCUT2D eigenvalue weighted by Crippen LogP contribution is -2.53. The van der Waals surface area contributed by atoms with Crippen LogP contribution in [-0.2, 0) is 14.3 Å². The summed E-state index contributed by atoms with van der Waals surface area (Å²) < 4.78 is 4.97. The van der Waals surface area contributed by atoms with Gasteiger partial charge in [-0.25, -0.2) is 4.79 Å². The molecule has 8 heteroatoms. The maximum atomic E-state index is 12.5. The molecule has 0 aliphatic carbocycles. The molecule has 2 saturated heterocycles. The van der Waals surface area contributed by atoms with E-state index in [4.69, 9.17) is 9.84 Å². The molecule has 3 amide bonds. The Kier molecular flexibility index (Phi) is 7.49. The van der Waals surface area contributed by atoms with E-state index in [9.17, 15) is 14.4 Å². The van der Waals surface area contributed by atoms with Crippen molar-refractivity contribution in [1.82, 2.24) is 15.1 Å². The monoisotopic (exact) mass is 355 g/mol. The molecule has 0 radical (unpaired) electrons. The van der Waals surface area contributed by atoms with Gasteiger partial charge in [0.2, 0.25) is 0 Å². The number of aliphatic hydroxyl groups excluding tert-OH is 1. The third-order valence-corrected chi connectivity index (χ3v) is 4.90. The summed E-state index contributed by atoms with van der Waals surface area (Å²) in [5.74, 6) is -1.09. The fourth-order valence-corrected chi connectivity index (χ4v) is 3.52. The molecular weight excluding hydrogens is 326 g/mol. The number of likely N-dealkylation sites (tertiary alicyclic amines) is 2. The van der Waals surface area contributed by atoms with Gasteiger partial charge in [0.25, 0.3) is 0 Å². The quantitative estimate of drug-likeness (QED) is 0.715. The van der Waals surface area contributed by atoms with Crippen LogP contribution in [-0.4, -0.2) is 77.7 Å². The van der Waals surface area contributed by atoms with Crippen LogP contribution in [0.5, 0.6) is 0 Å². The van der Waals surface area contributed by atoms with E-state index >= 15 is 0 Å². The zero-order chi connectivity index (χ0) is 18.2. The third kappa shape index (κ3) is 5.32. The Morgan fingerprint density at radius 3 is 2.48 bits per heavy atom. The summed E-state index contributed by atoms with van der Waals surface area (Å²) >= 11 is 0. The summed E-state index contributed by atoms with van der Waals surface area (Å²) in [5.41, 5.74) is 0. The molecule has 1 atom stereocenters. The first kappa shape index (κ1) is 19.5. The summed E-state index contributed by atoms with van der Waals surface area (Å²) in [6, 6.07) is -0.161. The van der Waals surface area contributed by atoms with E-state index in [2.05, 4.69) is 5.32 Å². The predicted octanol–water partition coefficient (Wildman–Crippen LogP) is 0.487. The Morgan fingerprint density at radius 1 is 1.12 bits per heavy atom. The molecule has 2 heterocycles. The highest BCUT2D eigenvalue weighted by Gasteiger charge is 2.32. The first-order valence-electron chi connectivity index (χ1n) is 9.20. The number of aliphatic hydroxyl groups is 1. The minimum atomic E-state index is -0.584. The second-order valence-corrected chi connectivity index (χ2v) is 6.59. The number of ether oxygens (including phenoxy) is 1. The molecular formula is C17H29N3O5. The Morgan fingerprint density at radius 2 is 1.84 bits per heavy atom. The van der Waals surface area contributed by atoms with Crippen molar-refractivity contribution in [3.8, 4) is 0 Å². The van der Waals surface area contributed by atoms with Crippen molar-refractivity contribution in [2.45, 2.75) is 57.5 Å². The van der Waals surface area contributed by atoms with Gasteiger partial charge in [-0.1, -0.05) is 0 Å². The molecule has 2 rings (SSSR count). The molecule has 2 fully saturated rings. The van der Waals surface area contributed by atoms with Gasteiger partial charge in [0.05, 0.1) is 6.61 Å². The van der Waals surface area contributed by atoms with E-state index in [-0.39, 0.29) is 24.8 Å². The number of hydrogen-bond acceptors (Lipinski definition) is 5. The number of piperidine rings is 2. The zero-order valence-corrected chi connectivity index (χ0v) is 14.9. The number of carbonyl (C=O) groups is 3. The van der Waals surface area contributed by atoms with Crippen molar-refractivity contribution in [3.63, 3.8) is 0 Å². The SMILES string of the molecule is CCOC(=O)N1CCC(NC(=O)C(=O)N2CCCCC2CCO)CC1. The van der Waals surface area contributed by atoms with Crippen molar-refractivity contribution >= 4 is 17.9 Å². The molecule has 0 aromatic rings. The number of hydrogen-bond donors (Lipinski definition) is 2. The van der Waals surface area contributed by atoms with Gasteiger partial charge in [-0.3, -0.25) is 9.59 Å². The minimum absolute atomic E-state index is 0.0163. The van der Waals surface area contributed by atoms with Crippen LogP contribution < -0.4 is 5.32 Å². The van der Waals surface area contributed by atoms with Gasteiger partial charge in [0.15, 0.2) is 0 Å². The molecule has 0 saturated carbocycles. The van der Waals surface area contributed by atoms with Crippen LogP contribution in [0.15, 0.2) is 0 Å². The van der Waals surface area contributed by atoms with Crippen molar-refractivity contribution in [3.05, 3.63) is 0 Å². The lowest BCUT2D eigenvalue weighted by molar-refractivity contribution is -0.149. The first-order valence-corrected chi connectivity index (χ1v) is 9.20. The largest absolute Gasteiger partial charge is 0.450 e. The molecule has 2 aliphatic heterocycles. The highest BCUT2D eigenvalue weighted by molar-refractivity contribution is 6.35. The fourth-order valence-electron chi connectivity index (χ4n) is 3.52. The molecule has 0 aromatic carbocycles. The first-order chi connectivity index (χ1) is 12.1. The highest BCUT2D eigenvalue weighted by Crippen LogP contribution is 2.20. The van der Waals surface area contributed by atoms with E-state index in [1.807, 2.05) is 0 Å². The highest BCUT2D eigenvalue weighted by atomic mass is 16.6. The molecule has 1 unspecified atom stereocenters. The zero-order valence-electron chi connectivity index (χ0n) is 14.9. The van der Waals surface area contributed by atoms with Crippen molar-refractivity contribution in [2.75, 3.05) is 32.8 Å². The normalized spacial score (nSPS) is 21.8. The van der Waals surface area contributed by atoms with Gasteiger partial charge in [-0.05, 0) is 45.4 Å². The third-order valence-electron chi connectivity index (χ3n) is 4.90. The Hall–Kier alpha value is -1.83. The number of nitrogens with zero attached hydrogens (tertiary/aromatic N) is 2. The second kappa shape index (κ2) is 9.60. The van der Waals surface area contributed by atoms with E-state index < -0.39 is 11.8 Å². The summed E-state index contributed by atoms with van der Waals surface area (Å²) in [6.07, 6.45) is 4.13. The van der Waals surface area contributed by atoms with Crippen LogP contribution in [0.1, 0.15) is 45.4 Å². The van der Waals surface area contributed by atoms with Crippen molar-refractivity contribution in [2.24, 2.45) is 0 Å². The van der Waals surface area contributed by atoms with Crippen LogP contribution in [0.2, 0.25) is 0 Å². The summed E-state index contributed by atoms with van der Waals surface area (Å²) in [4.78, 5) is 39.7. The van der Waals surface area contributed by atoms with Gasteiger partial charge in [0.1, 0.15) is 0 Å². The molecule has 0 aromatic heterocycles. The second-order valence-electron chi connectivity index (χ2n) is 6.59. The van der Waals surface area contributed by atoms with Crippen LogP contribution in [0.3, 0.4) is 0 Å². The van der Waals surface area contributed by atoms with Crippen molar-refractivity contribution in [1.29, 1.82) is 0 Å². The summed E-state index contributed by atoms with van der Waals surface area (Å²) in [5, 5.41) is 11.9. The molecule has 0 bridgehead atoms. The smallest absolute Gasteiger partial charge is 0.409 e. The minimum Gasteiger partial charge on any atom is -0.450 e. The average molecular weight is 355 g/mol. The Bertz CT molecular complexity index is 475. The van der Waals surface area contributed by atoms with Crippen LogP contribution in [0.4, 0.5) is 4.79 Å². The molecule has 0 spiro atoms. The average Bonchev–Trinajstić information content (AvgIpc) is 2.62. The van der Waals surface area contributed by atoms with Crippen LogP contribution in [0.25, 0.3) is 0 Å². The van der Waals surface area contributed by atoms with E-state index in [1.54, 1.807) is 16.7 Å². The number of carbonyl (C=O) groups excluding carboxylic acids is 3. The standard InChI is InChI=1S/C17H29N3O5/c1-2-25-17(24)19-10-6-13(7-11-19)18-15(22)16(23)20-9-4-3-5-14(20)8-12-21/h13-14,21H,2-12H2,1H3,(H,18,22). The Balaban J connectivity index is 1.81. The van der Waals surface area contributed by atoms with Gasteiger partial charge in [-0.15, -0.1) is 0 Å². The summed E-state index contributed by atoms with van der Waals surface area (Å²) in [6.45, 7) is 3.71. The maximum absolute atomic E-state index is 12.5.